The lowest BCUT2D eigenvalue weighted by Crippen LogP contribution is -2.43. The summed E-state index contributed by atoms with van der Waals surface area (Å²) in [5.74, 6) is 0. The van der Waals surface area contributed by atoms with Crippen molar-refractivity contribution in [3.05, 3.63) is 35.9 Å². The van der Waals surface area contributed by atoms with Crippen LogP contribution in [-0.2, 0) is 5.60 Å². The summed E-state index contributed by atoms with van der Waals surface area (Å²) in [6, 6.07) is 6.50. The molecule has 0 saturated carbocycles. The molecule has 1 aromatic rings. The molecule has 0 saturated heterocycles. The molecule has 14 heavy (non-hydrogen) atoms. The quantitative estimate of drug-likeness (QED) is 0.785. The fraction of sp³-hybridized carbons (Fsp3) is 0.333. The van der Waals surface area contributed by atoms with E-state index in [2.05, 4.69) is 0 Å². The van der Waals surface area contributed by atoms with Crippen LogP contribution in [-0.4, -0.2) is 23.0 Å². The first-order valence-corrected chi connectivity index (χ1v) is 3.87. The SMILES string of the molecule is OC(F)C(O)(c1ccccc1)C(F)F. The van der Waals surface area contributed by atoms with Gasteiger partial charge < -0.3 is 10.2 Å². The van der Waals surface area contributed by atoms with Crippen LogP contribution in [0.1, 0.15) is 5.56 Å². The third-order valence-electron chi connectivity index (χ3n) is 1.93. The Morgan fingerprint density at radius 3 is 1.93 bits per heavy atom. The second-order valence-electron chi connectivity index (χ2n) is 2.83. The van der Waals surface area contributed by atoms with E-state index >= 15 is 0 Å². The van der Waals surface area contributed by atoms with E-state index in [4.69, 9.17) is 5.11 Å². The number of benzene rings is 1. The highest BCUT2D eigenvalue weighted by molar-refractivity contribution is 5.23. The van der Waals surface area contributed by atoms with Crippen LogP contribution >= 0.6 is 0 Å². The predicted octanol–water partition coefficient (Wildman–Crippen LogP) is 1.43. The zero-order chi connectivity index (χ0) is 10.8. The van der Waals surface area contributed by atoms with Crippen molar-refractivity contribution in [3.63, 3.8) is 0 Å². The van der Waals surface area contributed by atoms with Gasteiger partial charge in [-0.2, -0.15) is 0 Å². The summed E-state index contributed by atoms with van der Waals surface area (Å²) in [7, 11) is 0. The van der Waals surface area contributed by atoms with E-state index in [0.29, 0.717) is 0 Å². The number of halogens is 3. The summed E-state index contributed by atoms with van der Waals surface area (Å²) in [6.07, 6.45) is -6.42. The summed E-state index contributed by atoms with van der Waals surface area (Å²) < 4.78 is 37.3. The lowest BCUT2D eigenvalue weighted by atomic mass is 9.94. The first-order valence-electron chi connectivity index (χ1n) is 3.87. The van der Waals surface area contributed by atoms with Crippen molar-refractivity contribution < 1.29 is 23.4 Å². The van der Waals surface area contributed by atoms with Crippen LogP contribution in [0.3, 0.4) is 0 Å². The zero-order valence-corrected chi connectivity index (χ0v) is 7.07. The predicted molar refractivity (Wildman–Crippen MR) is 43.5 cm³/mol. The van der Waals surface area contributed by atoms with Gasteiger partial charge in [0.2, 0.25) is 12.0 Å². The molecule has 2 unspecified atom stereocenters. The lowest BCUT2D eigenvalue weighted by Gasteiger charge is -2.27. The highest BCUT2D eigenvalue weighted by atomic mass is 19.3. The van der Waals surface area contributed by atoms with Gasteiger partial charge in [0.1, 0.15) is 0 Å². The molecular formula is C9H9F3O2. The molecule has 0 heterocycles. The second kappa shape index (κ2) is 3.98. The average molecular weight is 206 g/mol. The van der Waals surface area contributed by atoms with E-state index in [9.17, 15) is 18.3 Å². The van der Waals surface area contributed by atoms with Gasteiger partial charge in [-0.15, -0.1) is 0 Å². The van der Waals surface area contributed by atoms with Gasteiger partial charge in [-0.05, 0) is 5.56 Å². The number of aliphatic hydroxyl groups is 2. The van der Waals surface area contributed by atoms with Crippen LogP contribution in [0.5, 0.6) is 0 Å². The summed E-state index contributed by atoms with van der Waals surface area (Å²) in [6.45, 7) is 0. The van der Waals surface area contributed by atoms with Crippen molar-refractivity contribution in [2.24, 2.45) is 0 Å². The molecule has 0 amide bonds. The molecule has 0 aliphatic carbocycles. The minimum Gasteiger partial charge on any atom is -0.375 e. The Morgan fingerprint density at radius 1 is 1.07 bits per heavy atom. The Bertz CT molecular complexity index is 279. The van der Waals surface area contributed by atoms with Crippen LogP contribution in [0.4, 0.5) is 13.2 Å². The van der Waals surface area contributed by atoms with E-state index in [0.717, 1.165) is 12.1 Å². The Balaban J connectivity index is 3.13. The highest BCUT2D eigenvalue weighted by Gasteiger charge is 2.47. The van der Waals surface area contributed by atoms with Crippen molar-refractivity contribution in [2.45, 2.75) is 18.4 Å². The van der Waals surface area contributed by atoms with Gasteiger partial charge in [0.15, 0.2) is 0 Å². The van der Waals surface area contributed by atoms with Crippen LogP contribution < -0.4 is 0 Å². The summed E-state index contributed by atoms with van der Waals surface area (Å²) in [4.78, 5) is 0. The molecule has 0 bridgehead atoms. The second-order valence-corrected chi connectivity index (χ2v) is 2.83. The van der Waals surface area contributed by atoms with Crippen molar-refractivity contribution in [1.29, 1.82) is 0 Å². The van der Waals surface area contributed by atoms with Crippen molar-refractivity contribution in [2.75, 3.05) is 0 Å². The third kappa shape index (κ3) is 1.73. The maximum Gasteiger partial charge on any atom is 0.276 e. The van der Waals surface area contributed by atoms with Gasteiger partial charge >= 0.3 is 0 Å². The summed E-state index contributed by atoms with van der Waals surface area (Å²) >= 11 is 0. The summed E-state index contributed by atoms with van der Waals surface area (Å²) in [5, 5.41) is 17.8. The average Bonchev–Trinajstić information content (AvgIpc) is 2.17. The van der Waals surface area contributed by atoms with Crippen molar-refractivity contribution in [3.8, 4) is 0 Å². The molecule has 0 spiro atoms. The van der Waals surface area contributed by atoms with Gasteiger partial charge in [-0.25, -0.2) is 13.2 Å². The molecule has 0 aliphatic rings. The topological polar surface area (TPSA) is 40.5 Å². The van der Waals surface area contributed by atoms with E-state index < -0.39 is 18.4 Å². The van der Waals surface area contributed by atoms with Crippen LogP contribution in [0.2, 0.25) is 0 Å². The van der Waals surface area contributed by atoms with Gasteiger partial charge in [-0.3, -0.25) is 0 Å². The molecule has 1 rings (SSSR count). The first-order chi connectivity index (χ1) is 6.49. The summed E-state index contributed by atoms with van der Waals surface area (Å²) in [5.41, 5.74) is -3.51. The molecular weight excluding hydrogens is 197 g/mol. The minimum absolute atomic E-state index is 0.356. The Labute approximate surface area is 78.6 Å². The number of rotatable bonds is 3. The minimum atomic E-state index is -3.40. The molecule has 0 radical (unpaired) electrons. The van der Waals surface area contributed by atoms with Crippen LogP contribution in [0, 0.1) is 0 Å². The van der Waals surface area contributed by atoms with Crippen molar-refractivity contribution >= 4 is 0 Å². The third-order valence-corrected chi connectivity index (χ3v) is 1.93. The fourth-order valence-corrected chi connectivity index (χ4v) is 1.07. The molecule has 78 valence electrons. The molecule has 1 aromatic carbocycles. The number of alkyl halides is 3. The van der Waals surface area contributed by atoms with Crippen molar-refractivity contribution in [1.82, 2.24) is 0 Å². The van der Waals surface area contributed by atoms with Crippen LogP contribution in [0.25, 0.3) is 0 Å². The van der Waals surface area contributed by atoms with E-state index in [-0.39, 0.29) is 5.56 Å². The fourth-order valence-electron chi connectivity index (χ4n) is 1.07. The molecule has 5 heteroatoms. The largest absolute Gasteiger partial charge is 0.375 e. The standard InChI is InChI=1S/C9H9F3O2/c10-7(11)9(14,8(12)13)6-4-2-1-3-5-6/h1-5,7-8,13-14H. The zero-order valence-electron chi connectivity index (χ0n) is 7.07. The number of hydrogen-bond donors (Lipinski definition) is 2. The van der Waals surface area contributed by atoms with Gasteiger partial charge in [0.05, 0.1) is 0 Å². The molecule has 2 atom stereocenters. The molecule has 2 N–H and O–H groups in total. The van der Waals surface area contributed by atoms with Gasteiger partial charge in [-0.1, -0.05) is 30.3 Å². The molecule has 0 aliphatic heterocycles. The number of hydrogen-bond acceptors (Lipinski definition) is 2. The van der Waals surface area contributed by atoms with Gasteiger partial charge in [0.25, 0.3) is 6.43 Å². The van der Waals surface area contributed by atoms with Gasteiger partial charge in [0, 0.05) is 0 Å². The Kier molecular flexibility index (Phi) is 3.13. The number of aliphatic hydroxyl groups excluding tert-OH is 1. The molecule has 2 nitrogen and oxygen atoms in total. The smallest absolute Gasteiger partial charge is 0.276 e. The molecule has 0 aromatic heterocycles. The Morgan fingerprint density at radius 2 is 1.57 bits per heavy atom. The lowest BCUT2D eigenvalue weighted by molar-refractivity contribution is -0.211. The maximum atomic E-state index is 12.5. The van der Waals surface area contributed by atoms with E-state index in [1.807, 2.05) is 0 Å². The maximum absolute atomic E-state index is 12.5. The normalized spacial score (nSPS) is 17.9. The Hall–Kier alpha value is -1.07. The monoisotopic (exact) mass is 206 g/mol. The van der Waals surface area contributed by atoms with Crippen LogP contribution in [0.15, 0.2) is 30.3 Å². The molecule has 0 fully saturated rings. The highest BCUT2D eigenvalue weighted by Crippen LogP contribution is 2.32. The van der Waals surface area contributed by atoms with E-state index in [1.54, 1.807) is 0 Å². The first kappa shape index (κ1) is 11.0. The van der Waals surface area contributed by atoms with E-state index in [1.165, 1.54) is 18.2 Å².